The standard InChI is InChI=1S/2C7H6O4/c2*8-3-4-1-5(9)7(11)6(10)2-4/h2*1-3,9-11H. The Morgan fingerprint density at radius 1 is 0.545 bits per heavy atom. The van der Waals surface area contributed by atoms with Crippen molar-refractivity contribution in [2.45, 2.75) is 0 Å². The highest BCUT2D eigenvalue weighted by Crippen LogP contribution is 2.35. The minimum absolute atomic E-state index is 0.109. The van der Waals surface area contributed by atoms with Gasteiger partial charge in [0.1, 0.15) is 12.6 Å². The van der Waals surface area contributed by atoms with Gasteiger partial charge in [0.15, 0.2) is 34.5 Å². The van der Waals surface area contributed by atoms with E-state index in [2.05, 4.69) is 0 Å². The summed E-state index contributed by atoms with van der Waals surface area (Å²) in [4.78, 5) is 20.2. The van der Waals surface area contributed by atoms with Crippen molar-refractivity contribution >= 4 is 12.6 Å². The number of carbonyl (C=O) groups excluding carboxylic acids is 2. The number of phenols is 6. The topological polar surface area (TPSA) is 156 Å². The van der Waals surface area contributed by atoms with Gasteiger partial charge in [0.25, 0.3) is 0 Å². The van der Waals surface area contributed by atoms with Crippen molar-refractivity contribution in [3.05, 3.63) is 35.4 Å². The molecule has 0 amide bonds. The molecule has 8 nitrogen and oxygen atoms in total. The molecule has 0 aliphatic carbocycles. The Morgan fingerprint density at radius 3 is 0.955 bits per heavy atom. The van der Waals surface area contributed by atoms with E-state index in [-0.39, 0.29) is 11.1 Å². The summed E-state index contributed by atoms with van der Waals surface area (Å²) in [5, 5.41) is 53.0. The molecule has 8 heteroatoms. The van der Waals surface area contributed by atoms with Crippen LogP contribution in [0.15, 0.2) is 24.3 Å². The Morgan fingerprint density at radius 2 is 0.773 bits per heavy atom. The van der Waals surface area contributed by atoms with E-state index in [4.69, 9.17) is 30.6 Å². The molecule has 22 heavy (non-hydrogen) atoms. The molecule has 2 aromatic rings. The zero-order valence-corrected chi connectivity index (χ0v) is 11.0. The average Bonchev–Trinajstić information content (AvgIpc) is 2.49. The number of benzene rings is 2. The van der Waals surface area contributed by atoms with Gasteiger partial charge in [0, 0.05) is 11.1 Å². The van der Waals surface area contributed by atoms with Gasteiger partial charge in [-0.3, -0.25) is 9.59 Å². The van der Waals surface area contributed by atoms with Gasteiger partial charge in [-0.05, 0) is 24.3 Å². The summed E-state index contributed by atoms with van der Waals surface area (Å²) in [5.41, 5.74) is 0.218. The first-order valence-corrected chi connectivity index (χ1v) is 5.70. The van der Waals surface area contributed by atoms with Crippen LogP contribution in [0, 0.1) is 0 Å². The highest BCUT2D eigenvalue weighted by Gasteiger charge is 2.07. The zero-order chi connectivity index (χ0) is 16.9. The normalized spacial score (nSPS) is 9.45. The number of aldehydes is 2. The fraction of sp³-hybridized carbons (Fsp3) is 0. The van der Waals surface area contributed by atoms with Crippen molar-refractivity contribution in [1.82, 2.24) is 0 Å². The molecule has 0 aliphatic rings. The number of carbonyl (C=O) groups is 2. The summed E-state index contributed by atoms with van der Waals surface area (Å²) >= 11 is 0. The second kappa shape index (κ2) is 6.84. The van der Waals surface area contributed by atoms with Crippen LogP contribution in [0.4, 0.5) is 0 Å². The van der Waals surface area contributed by atoms with Crippen LogP contribution in [0.5, 0.6) is 34.5 Å². The number of phenolic OH excluding ortho intramolecular Hbond substituents is 6. The number of aromatic hydroxyl groups is 6. The molecule has 0 saturated carbocycles. The third-order valence-electron chi connectivity index (χ3n) is 2.46. The third-order valence-corrected chi connectivity index (χ3v) is 2.46. The maximum absolute atomic E-state index is 10.1. The van der Waals surface area contributed by atoms with Gasteiger partial charge >= 0.3 is 0 Å². The maximum Gasteiger partial charge on any atom is 0.200 e. The van der Waals surface area contributed by atoms with E-state index in [0.29, 0.717) is 12.6 Å². The van der Waals surface area contributed by atoms with Gasteiger partial charge in [-0.1, -0.05) is 0 Å². The van der Waals surface area contributed by atoms with Crippen LogP contribution in [0.3, 0.4) is 0 Å². The van der Waals surface area contributed by atoms with Crippen LogP contribution in [-0.4, -0.2) is 43.2 Å². The van der Waals surface area contributed by atoms with E-state index in [1.165, 1.54) is 0 Å². The molecule has 116 valence electrons. The highest BCUT2D eigenvalue weighted by molar-refractivity contribution is 5.78. The Kier molecular flexibility index (Phi) is 5.17. The Labute approximate surface area is 123 Å². The van der Waals surface area contributed by atoms with Gasteiger partial charge in [-0.25, -0.2) is 0 Å². The predicted molar refractivity (Wildman–Crippen MR) is 73.6 cm³/mol. The van der Waals surface area contributed by atoms with Gasteiger partial charge < -0.3 is 30.6 Å². The van der Waals surface area contributed by atoms with Gasteiger partial charge in [0.2, 0.25) is 0 Å². The molecule has 0 fully saturated rings. The lowest BCUT2D eigenvalue weighted by Gasteiger charge is -1.99. The van der Waals surface area contributed by atoms with Gasteiger partial charge in [-0.2, -0.15) is 0 Å². The highest BCUT2D eigenvalue weighted by atomic mass is 16.3. The lowest BCUT2D eigenvalue weighted by Crippen LogP contribution is -1.79. The molecule has 0 aromatic heterocycles. The smallest absolute Gasteiger partial charge is 0.200 e. The summed E-state index contributed by atoms with van der Waals surface area (Å²) in [7, 11) is 0. The lowest BCUT2D eigenvalue weighted by atomic mass is 10.2. The Hall–Kier alpha value is -3.42. The maximum atomic E-state index is 10.1. The molecule has 0 aliphatic heterocycles. The molecule has 0 radical (unpaired) electrons. The molecule has 0 atom stereocenters. The van der Waals surface area contributed by atoms with E-state index in [9.17, 15) is 9.59 Å². The molecule has 0 spiro atoms. The van der Waals surface area contributed by atoms with E-state index in [1.807, 2.05) is 0 Å². The summed E-state index contributed by atoms with van der Waals surface area (Å²) in [6.07, 6.45) is 0.914. The first-order chi connectivity index (χ1) is 10.3. The first-order valence-electron chi connectivity index (χ1n) is 5.70. The van der Waals surface area contributed by atoms with E-state index < -0.39 is 34.5 Å². The molecule has 0 unspecified atom stereocenters. The van der Waals surface area contributed by atoms with E-state index in [1.54, 1.807) is 0 Å². The summed E-state index contributed by atoms with van der Waals surface area (Å²) < 4.78 is 0. The second-order valence-electron chi connectivity index (χ2n) is 4.05. The first kappa shape index (κ1) is 16.6. The predicted octanol–water partition coefficient (Wildman–Crippen LogP) is 1.23. The SMILES string of the molecule is O=Cc1cc(O)c(O)c(O)c1.O=Cc1cc(O)c(O)c(O)c1. The fourth-order valence-corrected chi connectivity index (χ4v) is 1.39. The molecule has 0 heterocycles. The molecule has 2 aromatic carbocycles. The molecule has 0 bridgehead atoms. The molecular weight excluding hydrogens is 296 g/mol. The molecule has 2 rings (SSSR count). The third kappa shape index (κ3) is 3.79. The Balaban J connectivity index is 0.000000220. The number of hydrogen-bond donors (Lipinski definition) is 6. The van der Waals surface area contributed by atoms with Crippen molar-refractivity contribution in [2.75, 3.05) is 0 Å². The quantitative estimate of drug-likeness (QED) is 0.357. The van der Waals surface area contributed by atoms with Gasteiger partial charge in [-0.15, -0.1) is 0 Å². The summed E-state index contributed by atoms with van der Waals surface area (Å²) in [6.45, 7) is 0. The van der Waals surface area contributed by atoms with Crippen LogP contribution in [-0.2, 0) is 0 Å². The van der Waals surface area contributed by atoms with E-state index in [0.717, 1.165) is 24.3 Å². The van der Waals surface area contributed by atoms with Crippen LogP contribution >= 0.6 is 0 Å². The molecule has 0 saturated heterocycles. The van der Waals surface area contributed by atoms with Crippen molar-refractivity contribution < 1.29 is 40.2 Å². The lowest BCUT2D eigenvalue weighted by molar-refractivity contribution is 0.111. The van der Waals surface area contributed by atoms with Crippen molar-refractivity contribution in [3.63, 3.8) is 0 Å². The number of hydrogen-bond acceptors (Lipinski definition) is 8. The summed E-state index contributed by atoms with van der Waals surface area (Å²) in [6, 6.07) is 4.23. The monoisotopic (exact) mass is 308 g/mol. The van der Waals surface area contributed by atoms with Gasteiger partial charge in [0.05, 0.1) is 0 Å². The molecular formula is C14H12O8. The fourth-order valence-electron chi connectivity index (χ4n) is 1.39. The van der Waals surface area contributed by atoms with Crippen molar-refractivity contribution in [1.29, 1.82) is 0 Å². The zero-order valence-electron chi connectivity index (χ0n) is 11.0. The minimum Gasteiger partial charge on any atom is -0.504 e. The largest absolute Gasteiger partial charge is 0.504 e. The average molecular weight is 308 g/mol. The summed E-state index contributed by atoms with van der Waals surface area (Å²) in [5.74, 6) is -3.26. The van der Waals surface area contributed by atoms with E-state index >= 15 is 0 Å². The molecule has 6 N–H and O–H groups in total. The van der Waals surface area contributed by atoms with Crippen molar-refractivity contribution in [3.8, 4) is 34.5 Å². The van der Waals surface area contributed by atoms with Crippen LogP contribution in [0.2, 0.25) is 0 Å². The van der Waals surface area contributed by atoms with Crippen LogP contribution < -0.4 is 0 Å². The number of rotatable bonds is 2. The van der Waals surface area contributed by atoms with Crippen LogP contribution in [0.1, 0.15) is 20.7 Å². The Bertz CT molecular complexity index is 600. The minimum atomic E-state index is -0.615. The van der Waals surface area contributed by atoms with Crippen LogP contribution in [0.25, 0.3) is 0 Å². The van der Waals surface area contributed by atoms with Crippen molar-refractivity contribution in [2.24, 2.45) is 0 Å². The second-order valence-corrected chi connectivity index (χ2v) is 4.05.